The van der Waals surface area contributed by atoms with E-state index in [9.17, 15) is 4.79 Å². The second-order valence-electron chi connectivity index (χ2n) is 6.30. The first-order valence-corrected chi connectivity index (χ1v) is 8.99. The molecule has 0 aliphatic heterocycles. The molecule has 0 saturated carbocycles. The van der Waals surface area contributed by atoms with Crippen molar-refractivity contribution in [1.29, 1.82) is 0 Å². The van der Waals surface area contributed by atoms with Crippen LogP contribution in [0.2, 0.25) is 5.02 Å². The molecular formula is C21H21ClN4O2. The van der Waals surface area contributed by atoms with Gasteiger partial charge in [0, 0.05) is 43.0 Å². The number of rotatable bonds is 6. The number of nitrogens with one attached hydrogen (secondary N) is 2. The highest BCUT2D eigenvalue weighted by Crippen LogP contribution is 2.27. The van der Waals surface area contributed by atoms with Crippen LogP contribution in [0.5, 0.6) is 5.75 Å². The van der Waals surface area contributed by atoms with Crippen molar-refractivity contribution in [3.05, 3.63) is 71.5 Å². The number of aromatic nitrogens is 1. The van der Waals surface area contributed by atoms with Crippen molar-refractivity contribution in [2.45, 2.75) is 0 Å². The molecule has 0 aliphatic rings. The molecule has 0 radical (unpaired) electrons. The highest BCUT2D eigenvalue weighted by Gasteiger charge is 2.10. The summed E-state index contributed by atoms with van der Waals surface area (Å²) in [5.74, 6) is 0.220. The zero-order valence-electron chi connectivity index (χ0n) is 15.9. The second-order valence-corrected chi connectivity index (χ2v) is 6.71. The van der Waals surface area contributed by atoms with E-state index in [2.05, 4.69) is 15.6 Å². The third kappa shape index (κ3) is 4.72. The number of ether oxygens (including phenoxy) is 1. The Morgan fingerprint density at radius 2 is 1.71 bits per heavy atom. The summed E-state index contributed by atoms with van der Waals surface area (Å²) in [6.45, 7) is 0. The number of amides is 1. The fourth-order valence-corrected chi connectivity index (χ4v) is 2.84. The van der Waals surface area contributed by atoms with Gasteiger partial charge in [0.1, 0.15) is 11.4 Å². The molecule has 6 nitrogen and oxygen atoms in total. The standard InChI is InChI=1S/C21H21ClN4O2/c1-26(2)17-7-4-14(5-8-17)24-16-10-11-23-19(13-16)21(27)25-15-6-9-20(28-3)18(22)12-15/h4-13H,1-3H3,(H,23,24)(H,25,27). The molecule has 3 aromatic rings. The lowest BCUT2D eigenvalue weighted by molar-refractivity contribution is 0.102. The third-order valence-electron chi connectivity index (χ3n) is 4.07. The molecule has 0 spiro atoms. The van der Waals surface area contributed by atoms with Gasteiger partial charge in [-0.3, -0.25) is 9.78 Å². The van der Waals surface area contributed by atoms with E-state index in [0.717, 1.165) is 17.1 Å². The number of carbonyl (C=O) groups is 1. The fourth-order valence-electron chi connectivity index (χ4n) is 2.58. The van der Waals surface area contributed by atoms with Gasteiger partial charge in [-0.25, -0.2) is 0 Å². The number of benzene rings is 2. The number of pyridine rings is 1. The van der Waals surface area contributed by atoms with Gasteiger partial charge in [0.2, 0.25) is 0 Å². The Bertz CT molecular complexity index is 974. The van der Waals surface area contributed by atoms with Gasteiger partial charge in [-0.15, -0.1) is 0 Å². The molecule has 7 heteroatoms. The molecule has 1 amide bonds. The Kier molecular flexibility index (Phi) is 6.01. The van der Waals surface area contributed by atoms with Crippen molar-refractivity contribution in [3.8, 4) is 5.75 Å². The quantitative estimate of drug-likeness (QED) is 0.626. The van der Waals surface area contributed by atoms with Crippen LogP contribution < -0.4 is 20.3 Å². The van der Waals surface area contributed by atoms with Crippen molar-refractivity contribution in [3.63, 3.8) is 0 Å². The average molecular weight is 397 g/mol. The maximum absolute atomic E-state index is 12.5. The zero-order chi connectivity index (χ0) is 20.1. The van der Waals surface area contributed by atoms with Gasteiger partial charge < -0.3 is 20.3 Å². The van der Waals surface area contributed by atoms with Crippen LogP contribution in [0.3, 0.4) is 0 Å². The summed E-state index contributed by atoms with van der Waals surface area (Å²) < 4.78 is 5.11. The van der Waals surface area contributed by atoms with Crippen molar-refractivity contribution in [2.24, 2.45) is 0 Å². The van der Waals surface area contributed by atoms with Crippen LogP contribution in [0.15, 0.2) is 60.8 Å². The third-order valence-corrected chi connectivity index (χ3v) is 4.37. The average Bonchev–Trinajstić information content (AvgIpc) is 2.69. The van der Waals surface area contributed by atoms with E-state index < -0.39 is 0 Å². The van der Waals surface area contributed by atoms with E-state index in [1.807, 2.05) is 43.3 Å². The van der Waals surface area contributed by atoms with Gasteiger partial charge in [0.25, 0.3) is 5.91 Å². The van der Waals surface area contributed by atoms with Crippen LogP contribution in [0, 0.1) is 0 Å². The highest BCUT2D eigenvalue weighted by molar-refractivity contribution is 6.32. The van der Waals surface area contributed by atoms with Crippen molar-refractivity contribution in [1.82, 2.24) is 4.98 Å². The van der Waals surface area contributed by atoms with Crippen molar-refractivity contribution < 1.29 is 9.53 Å². The number of hydrogen-bond donors (Lipinski definition) is 2. The molecule has 3 rings (SSSR count). The molecule has 0 fully saturated rings. The number of carbonyl (C=O) groups excluding carboxylic acids is 1. The molecule has 28 heavy (non-hydrogen) atoms. The molecular weight excluding hydrogens is 376 g/mol. The number of nitrogens with zero attached hydrogens (tertiary/aromatic N) is 2. The Morgan fingerprint density at radius 1 is 1.00 bits per heavy atom. The topological polar surface area (TPSA) is 66.5 Å². The van der Waals surface area contributed by atoms with E-state index in [1.165, 1.54) is 7.11 Å². The molecule has 2 aromatic carbocycles. The van der Waals surface area contributed by atoms with E-state index in [0.29, 0.717) is 22.2 Å². The van der Waals surface area contributed by atoms with Crippen LogP contribution in [-0.2, 0) is 0 Å². The highest BCUT2D eigenvalue weighted by atomic mass is 35.5. The fraction of sp³-hybridized carbons (Fsp3) is 0.143. The van der Waals surface area contributed by atoms with E-state index >= 15 is 0 Å². The first kappa shape index (κ1) is 19.5. The number of anilines is 4. The molecule has 2 N–H and O–H groups in total. The minimum absolute atomic E-state index is 0.293. The Labute approximate surface area is 169 Å². The van der Waals surface area contributed by atoms with Crippen molar-refractivity contribution >= 4 is 40.3 Å². The van der Waals surface area contributed by atoms with Crippen LogP contribution >= 0.6 is 11.6 Å². The van der Waals surface area contributed by atoms with Crippen LogP contribution in [-0.4, -0.2) is 32.1 Å². The Hall–Kier alpha value is -3.25. The second kappa shape index (κ2) is 8.63. The van der Waals surface area contributed by atoms with Crippen molar-refractivity contribution in [2.75, 3.05) is 36.7 Å². The zero-order valence-corrected chi connectivity index (χ0v) is 16.6. The predicted octanol–water partition coefficient (Wildman–Crippen LogP) is 4.81. The molecule has 0 bridgehead atoms. The number of methoxy groups -OCH3 is 1. The van der Waals surface area contributed by atoms with Gasteiger partial charge in [-0.2, -0.15) is 0 Å². The first-order valence-electron chi connectivity index (χ1n) is 8.61. The number of hydrogen-bond acceptors (Lipinski definition) is 5. The summed E-state index contributed by atoms with van der Waals surface area (Å²) >= 11 is 6.10. The van der Waals surface area contributed by atoms with Gasteiger partial charge in [-0.1, -0.05) is 11.6 Å². The monoisotopic (exact) mass is 396 g/mol. The Balaban J connectivity index is 1.71. The molecule has 0 unspecified atom stereocenters. The minimum Gasteiger partial charge on any atom is -0.495 e. The maximum Gasteiger partial charge on any atom is 0.274 e. The van der Waals surface area contributed by atoms with Crippen LogP contribution in [0.1, 0.15) is 10.5 Å². The SMILES string of the molecule is COc1ccc(NC(=O)c2cc(Nc3ccc(N(C)C)cc3)ccn2)cc1Cl. The van der Waals surface area contributed by atoms with Gasteiger partial charge in [0.15, 0.2) is 0 Å². The normalized spacial score (nSPS) is 10.3. The lowest BCUT2D eigenvalue weighted by Gasteiger charge is -2.13. The van der Waals surface area contributed by atoms with E-state index in [4.69, 9.17) is 16.3 Å². The summed E-state index contributed by atoms with van der Waals surface area (Å²) in [5, 5.41) is 6.48. The Morgan fingerprint density at radius 3 is 2.36 bits per heavy atom. The molecule has 0 saturated heterocycles. The summed E-state index contributed by atoms with van der Waals surface area (Å²) in [5.41, 5.74) is 3.66. The molecule has 144 valence electrons. The van der Waals surface area contributed by atoms with Crippen LogP contribution in [0.25, 0.3) is 0 Å². The number of halogens is 1. The summed E-state index contributed by atoms with van der Waals surface area (Å²) in [4.78, 5) is 18.7. The summed E-state index contributed by atoms with van der Waals surface area (Å²) in [6, 6.07) is 16.5. The predicted molar refractivity (Wildman–Crippen MR) is 114 cm³/mol. The molecule has 0 atom stereocenters. The van der Waals surface area contributed by atoms with Gasteiger partial charge in [-0.05, 0) is 54.6 Å². The van der Waals surface area contributed by atoms with Crippen LogP contribution in [0.4, 0.5) is 22.7 Å². The van der Waals surface area contributed by atoms with Gasteiger partial charge >= 0.3 is 0 Å². The summed E-state index contributed by atoms with van der Waals surface area (Å²) in [6.07, 6.45) is 1.59. The lowest BCUT2D eigenvalue weighted by Crippen LogP contribution is -2.13. The molecule has 1 heterocycles. The lowest BCUT2D eigenvalue weighted by atomic mass is 10.2. The smallest absolute Gasteiger partial charge is 0.274 e. The first-order chi connectivity index (χ1) is 13.5. The molecule has 1 aromatic heterocycles. The maximum atomic E-state index is 12.5. The van der Waals surface area contributed by atoms with E-state index in [1.54, 1.807) is 36.5 Å². The van der Waals surface area contributed by atoms with Gasteiger partial charge in [0.05, 0.1) is 12.1 Å². The van der Waals surface area contributed by atoms with E-state index in [-0.39, 0.29) is 5.91 Å². The largest absolute Gasteiger partial charge is 0.495 e. The minimum atomic E-state index is -0.326. The summed E-state index contributed by atoms with van der Waals surface area (Å²) in [7, 11) is 5.52. The molecule has 0 aliphatic carbocycles.